The van der Waals surface area contributed by atoms with Crippen molar-refractivity contribution in [3.8, 4) is 0 Å². The first-order valence-electron chi connectivity index (χ1n) is 9.78. The third-order valence-electron chi connectivity index (χ3n) is 5.59. The normalized spacial score (nSPS) is 17.5. The Morgan fingerprint density at radius 3 is 2.37 bits per heavy atom. The van der Waals surface area contributed by atoms with Crippen LogP contribution in [0.3, 0.4) is 0 Å². The molecule has 2 aromatic rings. The molecule has 0 aromatic heterocycles. The fourth-order valence-corrected chi connectivity index (χ4v) is 4.07. The maximum atomic E-state index is 12.9. The van der Waals surface area contributed by atoms with Gasteiger partial charge in [-0.3, -0.25) is 9.59 Å². The van der Waals surface area contributed by atoms with Gasteiger partial charge in [-0.05, 0) is 36.6 Å². The Kier molecular flexibility index (Phi) is 5.21. The van der Waals surface area contributed by atoms with Crippen molar-refractivity contribution < 1.29 is 14.5 Å². The number of fused-ring (bicyclic) bond motifs is 1. The lowest BCUT2D eigenvalue weighted by Gasteiger charge is -2.34. The minimum absolute atomic E-state index is 0.0888. The van der Waals surface area contributed by atoms with Crippen LogP contribution in [0.2, 0.25) is 0 Å². The number of aryl methyl sites for hydroxylation is 1. The molecule has 0 aliphatic carbocycles. The maximum absolute atomic E-state index is 12.9. The number of hydrogen-bond acceptors (Lipinski definition) is 2. The molecule has 0 radical (unpaired) electrons. The summed E-state index contributed by atoms with van der Waals surface area (Å²) in [6, 6.07) is 17.6. The molecule has 2 aliphatic rings. The highest BCUT2D eigenvalue weighted by Crippen LogP contribution is 2.26. The summed E-state index contributed by atoms with van der Waals surface area (Å²) in [4.78, 5) is 30.6. The molecule has 2 aliphatic heterocycles. The lowest BCUT2D eigenvalue weighted by atomic mass is 10.0. The summed E-state index contributed by atoms with van der Waals surface area (Å²) in [7, 11) is 0. The Hall–Kier alpha value is -2.66. The summed E-state index contributed by atoms with van der Waals surface area (Å²) >= 11 is 0. The number of carbonyl (C=O) groups excluding carboxylic acids is 2. The minimum atomic E-state index is 0.0888. The van der Waals surface area contributed by atoms with E-state index >= 15 is 0 Å². The van der Waals surface area contributed by atoms with Crippen molar-refractivity contribution in [3.05, 3.63) is 65.7 Å². The van der Waals surface area contributed by atoms with Gasteiger partial charge in [-0.15, -0.1) is 0 Å². The molecule has 0 bridgehead atoms. The molecule has 2 heterocycles. The molecular weight excluding hydrogens is 338 g/mol. The van der Waals surface area contributed by atoms with Crippen LogP contribution in [0, 0.1) is 0 Å². The van der Waals surface area contributed by atoms with Crippen LogP contribution < -0.4 is 9.80 Å². The van der Waals surface area contributed by atoms with Gasteiger partial charge in [0.15, 0.2) is 6.54 Å². The summed E-state index contributed by atoms with van der Waals surface area (Å²) in [5.41, 5.74) is 3.08. The van der Waals surface area contributed by atoms with Gasteiger partial charge in [0.1, 0.15) is 0 Å². The van der Waals surface area contributed by atoms with E-state index < -0.39 is 0 Å². The molecule has 1 N–H and O–H groups in total. The second-order valence-electron chi connectivity index (χ2n) is 7.36. The first kappa shape index (κ1) is 17.7. The number of para-hydroxylation sites is 1. The molecule has 140 valence electrons. The zero-order valence-electron chi connectivity index (χ0n) is 15.6. The van der Waals surface area contributed by atoms with Gasteiger partial charge in [-0.25, -0.2) is 0 Å². The Bertz CT molecular complexity index is 813. The fourth-order valence-electron chi connectivity index (χ4n) is 4.07. The number of nitrogens with one attached hydrogen (secondary N) is 1. The van der Waals surface area contributed by atoms with Gasteiger partial charge >= 0.3 is 0 Å². The van der Waals surface area contributed by atoms with E-state index in [4.69, 9.17) is 0 Å². The van der Waals surface area contributed by atoms with Crippen LogP contribution in [0.5, 0.6) is 0 Å². The number of hydrogen-bond donors (Lipinski definition) is 1. The molecule has 2 aromatic carbocycles. The molecule has 1 fully saturated rings. The summed E-state index contributed by atoms with van der Waals surface area (Å²) in [5.74, 6) is 0.283. The topological polar surface area (TPSA) is 45.1 Å². The second kappa shape index (κ2) is 7.92. The molecule has 4 rings (SSSR count). The third kappa shape index (κ3) is 3.88. The summed E-state index contributed by atoms with van der Waals surface area (Å²) in [6.07, 6.45) is 2.07. The first-order valence-corrected chi connectivity index (χ1v) is 9.78. The number of quaternary nitrogens is 1. The first-order chi connectivity index (χ1) is 13.2. The quantitative estimate of drug-likeness (QED) is 0.883. The van der Waals surface area contributed by atoms with Gasteiger partial charge in [0, 0.05) is 17.8 Å². The van der Waals surface area contributed by atoms with E-state index in [-0.39, 0.29) is 11.8 Å². The number of amides is 2. The van der Waals surface area contributed by atoms with Crippen LogP contribution in [-0.2, 0) is 11.2 Å². The van der Waals surface area contributed by atoms with E-state index in [0.29, 0.717) is 19.6 Å². The van der Waals surface area contributed by atoms with Gasteiger partial charge < -0.3 is 14.7 Å². The Labute approximate surface area is 160 Å². The molecule has 5 heteroatoms. The molecule has 5 nitrogen and oxygen atoms in total. The lowest BCUT2D eigenvalue weighted by molar-refractivity contribution is -0.895. The number of anilines is 1. The molecule has 27 heavy (non-hydrogen) atoms. The van der Waals surface area contributed by atoms with Crippen molar-refractivity contribution in [2.75, 3.05) is 44.2 Å². The fraction of sp³-hybridized carbons (Fsp3) is 0.364. The minimum Gasteiger partial charge on any atom is -0.327 e. The van der Waals surface area contributed by atoms with Crippen molar-refractivity contribution in [2.24, 2.45) is 0 Å². The van der Waals surface area contributed by atoms with E-state index in [0.717, 1.165) is 43.7 Å². The predicted molar refractivity (Wildman–Crippen MR) is 105 cm³/mol. The molecule has 0 saturated carbocycles. The van der Waals surface area contributed by atoms with Crippen LogP contribution in [0.4, 0.5) is 5.69 Å². The third-order valence-corrected chi connectivity index (χ3v) is 5.59. The van der Waals surface area contributed by atoms with Crippen LogP contribution >= 0.6 is 0 Å². The zero-order valence-corrected chi connectivity index (χ0v) is 15.6. The van der Waals surface area contributed by atoms with Gasteiger partial charge in [0.05, 0.1) is 26.2 Å². The van der Waals surface area contributed by atoms with Crippen LogP contribution in [0.15, 0.2) is 54.6 Å². The SMILES string of the molecule is O=C(c1ccccc1)N1CC[NH+](CC(=O)N2CCCc3ccccc32)CC1. The van der Waals surface area contributed by atoms with Gasteiger partial charge in [-0.1, -0.05) is 36.4 Å². The van der Waals surface area contributed by atoms with E-state index in [2.05, 4.69) is 12.1 Å². The molecular formula is C22H26N3O2+. The number of carbonyl (C=O) groups is 2. The lowest BCUT2D eigenvalue weighted by Crippen LogP contribution is -3.15. The monoisotopic (exact) mass is 364 g/mol. The van der Waals surface area contributed by atoms with Crippen molar-refractivity contribution in [3.63, 3.8) is 0 Å². The number of piperazine rings is 1. The number of rotatable bonds is 3. The highest BCUT2D eigenvalue weighted by Gasteiger charge is 2.29. The van der Waals surface area contributed by atoms with Gasteiger partial charge in [0.25, 0.3) is 11.8 Å². The molecule has 0 unspecified atom stereocenters. The number of nitrogens with zero attached hydrogens (tertiary/aromatic N) is 2. The second-order valence-corrected chi connectivity index (χ2v) is 7.36. The van der Waals surface area contributed by atoms with E-state index in [9.17, 15) is 9.59 Å². The van der Waals surface area contributed by atoms with Crippen molar-refractivity contribution in [1.29, 1.82) is 0 Å². The van der Waals surface area contributed by atoms with Crippen molar-refractivity contribution in [1.82, 2.24) is 4.90 Å². The molecule has 1 saturated heterocycles. The van der Waals surface area contributed by atoms with E-state index in [1.54, 1.807) is 0 Å². The van der Waals surface area contributed by atoms with Crippen LogP contribution in [0.1, 0.15) is 22.3 Å². The largest absolute Gasteiger partial charge is 0.327 e. The summed E-state index contributed by atoms with van der Waals surface area (Å²) in [5, 5.41) is 0. The molecule has 2 amide bonds. The van der Waals surface area contributed by atoms with Gasteiger partial charge in [-0.2, -0.15) is 0 Å². The Morgan fingerprint density at radius 2 is 1.59 bits per heavy atom. The average molecular weight is 364 g/mol. The number of benzene rings is 2. The average Bonchev–Trinajstić information content (AvgIpc) is 2.74. The van der Waals surface area contributed by atoms with Gasteiger partial charge in [0.2, 0.25) is 0 Å². The standard InChI is InChI=1S/C22H25N3O2/c26-21(25-12-6-10-18-7-4-5-11-20(18)25)17-23-13-15-24(16-14-23)22(27)19-8-2-1-3-9-19/h1-5,7-9,11H,6,10,12-17H2/p+1. The van der Waals surface area contributed by atoms with E-state index in [1.807, 2.05) is 52.3 Å². The van der Waals surface area contributed by atoms with Crippen molar-refractivity contribution in [2.45, 2.75) is 12.8 Å². The maximum Gasteiger partial charge on any atom is 0.282 e. The van der Waals surface area contributed by atoms with E-state index in [1.165, 1.54) is 10.5 Å². The highest BCUT2D eigenvalue weighted by molar-refractivity contribution is 5.95. The zero-order chi connectivity index (χ0) is 18.6. The summed E-state index contributed by atoms with van der Waals surface area (Å²) < 4.78 is 0. The summed E-state index contributed by atoms with van der Waals surface area (Å²) in [6.45, 7) is 4.35. The Balaban J connectivity index is 1.33. The van der Waals surface area contributed by atoms with Crippen molar-refractivity contribution >= 4 is 17.5 Å². The Morgan fingerprint density at radius 1 is 0.889 bits per heavy atom. The molecule has 0 atom stereocenters. The predicted octanol–water partition coefficient (Wildman–Crippen LogP) is 1.01. The van der Waals surface area contributed by atoms with Crippen LogP contribution in [-0.4, -0.2) is 56.0 Å². The smallest absolute Gasteiger partial charge is 0.282 e. The molecule has 0 spiro atoms. The highest BCUT2D eigenvalue weighted by atomic mass is 16.2. The van der Waals surface area contributed by atoms with Crippen LogP contribution in [0.25, 0.3) is 0 Å².